The minimum absolute atomic E-state index is 0.0269. The molecule has 2 amide bonds. The lowest BCUT2D eigenvalue weighted by Crippen LogP contribution is -2.39. The summed E-state index contributed by atoms with van der Waals surface area (Å²) in [5.41, 5.74) is 2.06. The fourth-order valence-electron chi connectivity index (χ4n) is 3.45. The van der Waals surface area contributed by atoms with Crippen LogP contribution in [0, 0.1) is 0 Å². The number of hydrogen-bond donors (Lipinski definition) is 2. The summed E-state index contributed by atoms with van der Waals surface area (Å²) in [6.07, 6.45) is 1.96. The smallest absolute Gasteiger partial charge is 0.246 e. The van der Waals surface area contributed by atoms with Crippen LogP contribution in [0.25, 0.3) is 0 Å². The first kappa shape index (κ1) is 24.6. The quantitative estimate of drug-likeness (QED) is 0.403. The van der Waals surface area contributed by atoms with Crippen LogP contribution in [0.3, 0.4) is 0 Å². The van der Waals surface area contributed by atoms with Crippen LogP contribution in [0.4, 0.5) is 11.4 Å². The minimum atomic E-state index is -0.686. The molecule has 0 spiro atoms. The van der Waals surface area contributed by atoms with Gasteiger partial charge in [0.15, 0.2) is 0 Å². The molecule has 33 heavy (non-hydrogen) atoms. The van der Waals surface area contributed by atoms with Gasteiger partial charge >= 0.3 is 0 Å². The molecule has 6 nitrogen and oxygen atoms in total. The van der Waals surface area contributed by atoms with Crippen molar-refractivity contribution in [2.24, 2.45) is 0 Å². The second kappa shape index (κ2) is 11.7. The number of carbonyl (C=O) groups is 2. The molecule has 8 heteroatoms. The number of hydrogen-bond acceptors (Lipinski definition) is 5. The number of thioether (sulfide) groups is 1. The van der Waals surface area contributed by atoms with Gasteiger partial charge in [-0.2, -0.15) is 0 Å². The third-order valence-corrected chi connectivity index (χ3v) is 6.09. The highest BCUT2D eigenvalue weighted by Crippen LogP contribution is 2.29. The number of para-hydroxylation sites is 1. The van der Waals surface area contributed by atoms with Crippen molar-refractivity contribution in [2.75, 3.05) is 37.6 Å². The Balaban J connectivity index is 1.78. The number of anilines is 2. The maximum absolute atomic E-state index is 13.3. The first-order chi connectivity index (χ1) is 15.9. The van der Waals surface area contributed by atoms with Crippen molar-refractivity contribution < 1.29 is 14.3 Å². The number of methoxy groups -OCH3 is 1. The van der Waals surface area contributed by atoms with Crippen LogP contribution in [0.5, 0.6) is 5.75 Å². The van der Waals surface area contributed by atoms with E-state index in [2.05, 4.69) is 10.6 Å². The Morgan fingerprint density at radius 3 is 2.39 bits per heavy atom. The van der Waals surface area contributed by atoms with E-state index < -0.39 is 6.04 Å². The van der Waals surface area contributed by atoms with Crippen LogP contribution >= 0.6 is 23.4 Å². The SMILES string of the molecule is COc1ccc(NC(=O)C(c2ccccc2)N(C)CC(=O)Nc2ccccc2SC)cc1Cl. The first-order valence-corrected chi connectivity index (χ1v) is 11.9. The predicted octanol–water partition coefficient (Wildman–Crippen LogP) is 5.32. The van der Waals surface area contributed by atoms with Gasteiger partial charge in [-0.1, -0.05) is 54.1 Å². The van der Waals surface area contributed by atoms with Gasteiger partial charge < -0.3 is 15.4 Å². The number of amides is 2. The Morgan fingerprint density at radius 1 is 1.03 bits per heavy atom. The Bertz CT molecular complexity index is 1110. The van der Waals surface area contributed by atoms with Gasteiger partial charge in [0.05, 0.1) is 24.4 Å². The average molecular weight is 484 g/mol. The summed E-state index contributed by atoms with van der Waals surface area (Å²) in [5, 5.41) is 6.24. The van der Waals surface area contributed by atoms with E-state index in [1.807, 2.05) is 60.9 Å². The normalized spacial score (nSPS) is 11.7. The summed E-state index contributed by atoms with van der Waals surface area (Å²) in [4.78, 5) is 28.8. The molecule has 2 N–H and O–H groups in total. The van der Waals surface area contributed by atoms with Gasteiger partial charge in [-0.3, -0.25) is 14.5 Å². The van der Waals surface area contributed by atoms with Gasteiger partial charge in [-0.05, 0) is 49.2 Å². The van der Waals surface area contributed by atoms with Gasteiger partial charge in [-0.15, -0.1) is 11.8 Å². The van der Waals surface area contributed by atoms with Crippen LogP contribution < -0.4 is 15.4 Å². The van der Waals surface area contributed by atoms with Gasteiger partial charge in [-0.25, -0.2) is 0 Å². The zero-order valence-corrected chi connectivity index (χ0v) is 20.2. The largest absolute Gasteiger partial charge is 0.495 e. The van der Waals surface area contributed by atoms with E-state index in [0.29, 0.717) is 16.5 Å². The van der Waals surface area contributed by atoms with E-state index in [-0.39, 0.29) is 18.4 Å². The van der Waals surface area contributed by atoms with E-state index in [9.17, 15) is 9.59 Å². The number of ether oxygens (including phenoxy) is 1. The van der Waals surface area contributed by atoms with Gasteiger partial charge in [0, 0.05) is 10.6 Å². The van der Waals surface area contributed by atoms with Crippen molar-refractivity contribution >= 4 is 46.6 Å². The summed E-state index contributed by atoms with van der Waals surface area (Å²) in [6, 6.07) is 21.3. The van der Waals surface area contributed by atoms with Gasteiger partial charge in [0.25, 0.3) is 0 Å². The highest BCUT2D eigenvalue weighted by molar-refractivity contribution is 7.98. The molecule has 1 unspecified atom stereocenters. The van der Waals surface area contributed by atoms with Crippen molar-refractivity contribution in [3.63, 3.8) is 0 Å². The number of halogens is 1. The molecule has 3 aromatic carbocycles. The summed E-state index contributed by atoms with van der Waals surface area (Å²) >= 11 is 7.76. The monoisotopic (exact) mass is 483 g/mol. The molecular weight excluding hydrogens is 458 g/mol. The van der Waals surface area contributed by atoms with Crippen molar-refractivity contribution in [1.82, 2.24) is 4.90 Å². The molecule has 3 aromatic rings. The molecule has 0 saturated carbocycles. The zero-order chi connectivity index (χ0) is 23.8. The molecule has 0 saturated heterocycles. The molecule has 0 bridgehead atoms. The first-order valence-electron chi connectivity index (χ1n) is 10.3. The number of likely N-dealkylation sites (N-methyl/N-ethyl adjacent to an activating group) is 1. The lowest BCUT2D eigenvalue weighted by atomic mass is 10.0. The predicted molar refractivity (Wildman–Crippen MR) is 135 cm³/mol. The van der Waals surface area contributed by atoms with Crippen molar-refractivity contribution in [3.05, 3.63) is 83.4 Å². The Morgan fingerprint density at radius 2 is 1.73 bits per heavy atom. The van der Waals surface area contributed by atoms with Gasteiger partial charge in [0.2, 0.25) is 11.8 Å². The lowest BCUT2D eigenvalue weighted by molar-refractivity contribution is -0.123. The van der Waals surface area contributed by atoms with E-state index in [4.69, 9.17) is 16.3 Å². The molecule has 0 fully saturated rings. The zero-order valence-electron chi connectivity index (χ0n) is 18.7. The highest BCUT2D eigenvalue weighted by Gasteiger charge is 2.27. The van der Waals surface area contributed by atoms with Crippen molar-refractivity contribution in [2.45, 2.75) is 10.9 Å². The number of rotatable bonds is 9. The maximum atomic E-state index is 13.3. The number of benzene rings is 3. The molecule has 0 aliphatic heterocycles. The summed E-state index contributed by atoms with van der Waals surface area (Å²) in [7, 11) is 3.28. The minimum Gasteiger partial charge on any atom is -0.495 e. The summed E-state index contributed by atoms with van der Waals surface area (Å²) in [6.45, 7) is 0.0269. The molecule has 0 aliphatic rings. The second-order valence-corrected chi connectivity index (χ2v) is 8.57. The van der Waals surface area contributed by atoms with Crippen LogP contribution in [-0.4, -0.2) is 43.7 Å². The molecule has 1 atom stereocenters. The van der Waals surface area contributed by atoms with Crippen molar-refractivity contribution in [1.29, 1.82) is 0 Å². The summed E-state index contributed by atoms with van der Waals surface area (Å²) in [5.74, 6) is 0.0380. The molecule has 3 rings (SSSR count). The Kier molecular flexibility index (Phi) is 8.77. The van der Waals surface area contributed by atoms with Crippen molar-refractivity contribution in [3.8, 4) is 5.75 Å². The molecule has 0 aliphatic carbocycles. The Hall–Kier alpha value is -3.00. The Labute approximate surface area is 203 Å². The maximum Gasteiger partial charge on any atom is 0.246 e. The second-order valence-electron chi connectivity index (χ2n) is 7.32. The third kappa shape index (κ3) is 6.51. The van der Waals surface area contributed by atoms with Crippen LogP contribution in [-0.2, 0) is 9.59 Å². The van der Waals surface area contributed by atoms with Crippen LogP contribution in [0.15, 0.2) is 77.7 Å². The fourth-order valence-corrected chi connectivity index (χ4v) is 4.26. The van der Waals surface area contributed by atoms with Crippen LogP contribution in [0.1, 0.15) is 11.6 Å². The third-order valence-electron chi connectivity index (χ3n) is 5.00. The van der Waals surface area contributed by atoms with E-state index in [1.165, 1.54) is 7.11 Å². The summed E-state index contributed by atoms with van der Waals surface area (Å²) < 4.78 is 5.17. The van der Waals surface area contributed by atoms with E-state index in [1.54, 1.807) is 41.9 Å². The van der Waals surface area contributed by atoms with E-state index in [0.717, 1.165) is 16.1 Å². The number of nitrogens with one attached hydrogen (secondary N) is 2. The molecule has 0 heterocycles. The number of nitrogens with zero attached hydrogens (tertiary/aromatic N) is 1. The lowest BCUT2D eigenvalue weighted by Gasteiger charge is -2.27. The average Bonchev–Trinajstić information content (AvgIpc) is 2.80. The molecular formula is C25H26ClN3O3S. The highest BCUT2D eigenvalue weighted by atomic mass is 35.5. The van der Waals surface area contributed by atoms with Gasteiger partial charge in [0.1, 0.15) is 11.8 Å². The number of carbonyl (C=O) groups excluding carboxylic acids is 2. The molecule has 0 radical (unpaired) electrons. The van der Waals surface area contributed by atoms with Crippen LogP contribution in [0.2, 0.25) is 5.02 Å². The molecule has 172 valence electrons. The van der Waals surface area contributed by atoms with E-state index >= 15 is 0 Å². The fraction of sp³-hybridized carbons (Fsp3) is 0.200. The standard InChI is InChI=1S/C25H26ClN3O3S/c1-29(16-23(30)28-20-11-7-8-12-22(20)33-3)24(17-9-5-4-6-10-17)25(31)27-18-13-14-21(32-2)19(26)15-18/h4-15,24H,16H2,1-3H3,(H,27,31)(H,28,30). The topological polar surface area (TPSA) is 70.7 Å². The molecule has 0 aromatic heterocycles.